The van der Waals surface area contributed by atoms with Crippen LogP contribution in [0.15, 0.2) is 0 Å². The van der Waals surface area contributed by atoms with E-state index in [1.807, 2.05) is 0 Å². The van der Waals surface area contributed by atoms with Gasteiger partial charge in [0.05, 0.1) is 13.0 Å². The van der Waals surface area contributed by atoms with Crippen molar-refractivity contribution >= 4 is 29.0 Å². The summed E-state index contributed by atoms with van der Waals surface area (Å²) >= 11 is 0. The first kappa shape index (κ1) is 11.1. The Morgan fingerprint density at radius 2 is 2.00 bits per heavy atom. The van der Waals surface area contributed by atoms with Crippen molar-refractivity contribution in [2.45, 2.75) is 13.8 Å². The van der Waals surface area contributed by atoms with E-state index in [4.69, 9.17) is 0 Å². The number of ether oxygens (including phenoxy) is 1. The van der Waals surface area contributed by atoms with Crippen LogP contribution >= 0.6 is 0 Å². The minimum absolute atomic E-state index is 0. The molecule has 0 rings (SSSR count). The zero-order valence-corrected chi connectivity index (χ0v) is 7.02. The third-order valence-electron chi connectivity index (χ3n) is 0.673. The van der Waals surface area contributed by atoms with E-state index in [1.165, 1.54) is 7.11 Å². The molecule has 0 unspecified atom stereocenters. The molecule has 0 fully saturated rings. The van der Waals surface area contributed by atoms with E-state index in [1.54, 1.807) is 13.8 Å². The number of hydrogen-bond acceptors (Lipinski definition) is 2. The molecule has 2 nitrogen and oxygen atoms in total. The number of esters is 1. The molecule has 0 aliphatic rings. The second-order valence-electron chi connectivity index (χ2n) is 1.68. The van der Waals surface area contributed by atoms with Crippen molar-refractivity contribution in [3.63, 3.8) is 0 Å². The Bertz CT molecular complexity index is 78.0. The molecule has 0 aromatic carbocycles. The zero-order valence-electron chi connectivity index (χ0n) is 7.60. The van der Waals surface area contributed by atoms with Gasteiger partial charge in [0.25, 0.3) is 0 Å². The summed E-state index contributed by atoms with van der Waals surface area (Å²) in [7, 11) is 1.39. The van der Waals surface area contributed by atoms with Gasteiger partial charge in [-0.2, -0.15) is 0 Å². The topological polar surface area (TPSA) is 26.3 Å². The van der Waals surface area contributed by atoms with Crippen molar-refractivity contribution < 1.29 is 12.4 Å². The molecule has 0 amide bonds. The number of rotatable bonds is 1. The maximum Gasteiger partial charge on any atom is 2.00 e. The van der Waals surface area contributed by atoms with E-state index < -0.39 is 0 Å². The Labute approximate surface area is 68.7 Å². The van der Waals surface area contributed by atoms with Crippen LogP contribution in [-0.2, 0) is 9.53 Å². The smallest absolute Gasteiger partial charge is 1.00 e. The van der Waals surface area contributed by atoms with Crippen LogP contribution in [-0.4, -0.2) is 36.1 Å². The van der Waals surface area contributed by atoms with Crippen LogP contribution in [0.5, 0.6) is 0 Å². The normalized spacial score (nSPS) is 8.00. The molecule has 46 valence electrons. The molecule has 0 aliphatic heterocycles. The quantitative estimate of drug-likeness (QED) is 0.383. The van der Waals surface area contributed by atoms with E-state index in [2.05, 4.69) is 4.74 Å². The van der Waals surface area contributed by atoms with Gasteiger partial charge >= 0.3 is 29.0 Å². The van der Waals surface area contributed by atoms with E-state index >= 15 is 0 Å². The van der Waals surface area contributed by atoms with E-state index in [-0.39, 0.29) is 37.8 Å². The predicted molar refractivity (Wildman–Crippen MR) is 34.8 cm³/mol. The molecule has 0 bridgehead atoms. The Morgan fingerprint density at radius 3 is 2.00 bits per heavy atom. The molecule has 0 N–H and O–H groups in total. The fraction of sp³-hybridized carbons (Fsp3) is 0.800. The van der Waals surface area contributed by atoms with Gasteiger partial charge in [-0.05, 0) is 0 Å². The third kappa shape index (κ3) is 4.40. The fourth-order valence-electron chi connectivity index (χ4n) is 0.236. The minimum atomic E-state index is -0.153. The maximum atomic E-state index is 10.3. The summed E-state index contributed by atoms with van der Waals surface area (Å²) in [6.07, 6.45) is 0. The molecule has 0 spiro atoms. The maximum absolute atomic E-state index is 10.3. The molecule has 0 saturated carbocycles. The summed E-state index contributed by atoms with van der Waals surface area (Å²) in [5.41, 5.74) is 0. The first-order chi connectivity index (χ1) is 3.18. The first-order valence-electron chi connectivity index (χ1n) is 2.26. The van der Waals surface area contributed by atoms with Gasteiger partial charge in [0.2, 0.25) is 0 Å². The summed E-state index contributed by atoms with van der Waals surface area (Å²) in [6.45, 7) is 3.59. The molecule has 0 aromatic heterocycles. The number of carbonyl (C=O) groups is 1. The Kier molecular flexibility index (Phi) is 7.45. The van der Waals surface area contributed by atoms with Gasteiger partial charge in [0, 0.05) is 0 Å². The van der Waals surface area contributed by atoms with E-state index in [9.17, 15) is 4.79 Å². The average Bonchev–Trinajstić information content (AvgIpc) is 1.65. The molecular formula is C5H12MgO2. The monoisotopic (exact) mass is 128 g/mol. The van der Waals surface area contributed by atoms with E-state index in [0.717, 1.165) is 0 Å². The van der Waals surface area contributed by atoms with Crippen molar-refractivity contribution in [3.8, 4) is 0 Å². The number of carbonyl (C=O) groups excluding carboxylic acids is 1. The summed E-state index contributed by atoms with van der Waals surface area (Å²) in [4.78, 5) is 10.3. The third-order valence-corrected chi connectivity index (χ3v) is 0.673. The molecule has 0 atom stereocenters. The second-order valence-corrected chi connectivity index (χ2v) is 1.68. The van der Waals surface area contributed by atoms with Crippen LogP contribution in [0.1, 0.15) is 16.7 Å². The Hall–Kier alpha value is 0.236. The van der Waals surface area contributed by atoms with Crippen molar-refractivity contribution in [2.75, 3.05) is 7.11 Å². The molecule has 8 heavy (non-hydrogen) atoms. The van der Waals surface area contributed by atoms with Gasteiger partial charge in [0.15, 0.2) is 0 Å². The van der Waals surface area contributed by atoms with Gasteiger partial charge in [-0.3, -0.25) is 4.79 Å². The van der Waals surface area contributed by atoms with Crippen molar-refractivity contribution in [1.82, 2.24) is 0 Å². The molecule has 0 radical (unpaired) electrons. The van der Waals surface area contributed by atoms with Crippen molar-refractivity contribution in [1.29, 1.82) is 0 Å². The van der Waals surface area contributed by atoms with Crippen LogP contribution in [0.2, 0.25) is 0 Å². The van der Waals surface area contributed by atoms with Crippen molar-refractivity contribution in [3.05, 3.63) is 0 Å². The number of methoxy groups -OCH3 is 1. The van der Waals surface area contributed by atoms with Crippen LogP contribution in [0.3, 0.4) is 0 Å². The standard InChI is InChI=1S/C5H10O2.Mg.2H/c1-4(2)5(6)7-3;;;/h4H,1-3H3;;;/q;+2;2*-1. The van der Waals surface area contributed by atoms with Crippen LogP contribution in [0.25, 0.3) is 0 Å². The largest absolute Gasteiger partial charge is 2.00 e. The van der Waals surface area contributed by atoms with E-state index in [0.29, 0.717) is 0 Å². The summed E-state index contributed by atoms with van der Waals surface area (Å²) in [5, 5.41) is 0. The van der Waals surface area contributed by atoms with Crippen LogP contribution < -0.4 is 0 Å². The van der Waals surface area contributed by atoms with Gasteiger partial charge in [-0.25, -0.2) is 0 Å². The average molecular weight is 128 g/mol. The molecule has 0 aromatic rings. The second kappa shape index (κ2) is 5.37. The van der Waals surface area contributed by atoms with Gasteiger partial charge < -0.3 is 7.59 Å². The Balaban J connectivity index is -0.0000000600. The molecule has 0 heterocycles. The summed E-state index contributed by atoms with van der Waals surface area (Å²) in [5.74, 6) is -0.148. The van der Waals surface area contributed by atoms with Gasteiger partial charge in [0.1, 0.15) is 0 Å². The summed E-state index contributed by atoms with van der Waals surface area (Å²) in [6, 6.07) is 0. The number of hydrogen-bond donors (Lipinski definition) is 0. The van der Waals surface area contributed by atoms with Gasteiger partial charge in [-0.1, -0.05) is 13.8 Å². The first-order valence-corrected chi connectivity index (χ1v) is 2.26. The van der Waals surface area contributed by atoms with Crippen molar-refractivity contribution in [2.24, 2.45) is 5.92 Å². The molecular weight excluding hydrogens is 116 g/mol. The fourth-order valence-corrected chi connectivity index (χ4v) is 0.236. The predicted octanol–water partition coefficient (Wildman–Crippen LogP) is 0.660. The zero-order chi connectivity index (χ0) is 5.86. The van der Waals surface area contributed by atoms with Gasteiger partial charge in [-0.15, -0.1) is 0 Å². The molecule has 3 heteroatoms. The summed E-state index contributed by atoms with van der Waals surface area (Å²) < 4.78 is 4.37. The Morgan fingerprint density at radius 1 is 1.62 bits per heavy atom. The SMILES string of the molecule is COC(=O)C(C)C.[H-].[H-].[Mg+2]. The molecule has 0 saturated heterocycles. The minimum Gasteiger partial charge on any atom is -1.00 e. The van der Waals surface area contributed by atoms with Crippen LogP contribution in [0, 0.1) is 5.92 Å². The molecule has 0 aliphatic carbocycles. The van der Waals surface area contributed by atoms with Crippen LogP contribution in [0.4, 0.5) is 0 Å².